The van der Waals surface area contributed by atoms with Crippen molar-refractivity contribution in [1.82, 2.24) is 15.1 Å². The van der Waals surface area contributed by atoms with Gasteiger partial charge in [0.15, 0.2) is 0 Å². The van der Waals surface area contributed by atoms with Gasteiger partial charge in [0.1, 0.15) is 5.54 Å². The van der Waals surface area contributed by atoms with Crippen molar-refractivity contribution in [2.45, 2.75) is 43.8 Å². The molecule has 2 aliphatic rings. The number of halogens is 3. The van der Waals surface area contributed by atoms with Crippen LogP contribution in [0.25, 0.3) is 0 Å². The van der Waals surface area contributed by atoms with Gasteiger partial charge in [-0.05, 0) is 19.3 Å². The molecule has 2 rings (SSSR count). The minimum absolute atomic E-state index is 0.0603. The Hall–Kier alpha value is -1.35. The van der Waals surface area contributed by atoms with E-state index >= 15 is 0 Å². The zero-order valence-corrected chi connectivity index (χ0v) is 12.9. The van der Waals surface area contributed by atoms with E-state index in [2.05, 4.69) is 5.32 Å². The topological polar surface area (TPSA) is 72.9 Å². The van der Waals surface area contributed by atoms with Crippen molar-refractivity contribution in [2.75, 3.05) is 32.8 Å². The molecule has 0 bridgehead atoms. The number of hydrogen-bond acceptors (Lipinski definition) is 4. The highest BCUT2D eigenvalue weighted by molar-refractivity contribution is 6.07. The number of nitrogens with one attached hydrogen (secondary N) is 1. The minimum Gasteiger partial charge on any atom is -0.396 e. The lowest BCUT2D eigenvalue weighted by atomic mass is 9.98. The second-order valence-electron chi connectivity index (χ2n) is 6.14. The van der Waals surface area contributed by atoms with Crippen molar-refractivity contribution in [2.24, 2.45) is 0 Å². The molecule has 0 radical (unpaired) electrons. The van der Waals surface area contributed by atoms with Gasteiger partial charge in [-0.25, -0.2) is 4.79 Å². The number of carbonyl (C=O) groups is 2. The summed E-state index contributed by atoms with van der Waals surface area (Å²) in [7, 11) is 0. The van der Waals surface area contributed by atoms with Gasteiger partial charge >= 0.3 is 12.2 Å². The smallest absolute Gasteiger partial charge is 0.396 e. The summed E-state index contributed by atoms with van der Waals surface area (Å²) in [5.41, 5.74) is -0.836. The van der Waals surface area contributed by atoms with Gasteiger partial charge in [0.2, 0.25) is 0 Å². The lowest BCUT2D eigenvalue weighted by Gasteiger charge is -2.25. The second-order valence-corrected chi connectivity index (χ2v) is 6.14. The van der Waals surface area contributed by atoms with Gasteiger partial charge < -0.3 is 10.4 Å². The first-order valence-corrected chi connectivity index (χ1v) is 7.81. The monoisotopic (exact) mass is 337 g/mol. The third kappa shape index (κ3) is 4.35. The summed E-state index contributed by atoms with van der Waals surface area (Å²) >= 11 is 0. The van der Waals surface area contributed by atoms with Crippen LogP contribution >= 0.6 is 0 Å². The van der Waals surface area contributed by atoms with Crippen molar-refractivity contribution in [1.29, 1.82) is 0 Å². The fourth-order valence-electron chi connectivity index (χ4n) is 3.26. The van der Waals surface area contributed by atoms with Gasteiger partial charge in [0, 0.05) is 26.2 Å². The molecule has 2 N–H and O–H groups in total. The molecule has 1 aliphatic carbocycles. The van der Waals surface area contributed by atoms with Gasteiger partial charge in [-0.3, -0.25) is 14.6 Å². The van der Waals surface area contributed by atoms with Crippen LogP contribution in [0, 0.1) is 0 Å². The first kappa shape index (κ1) is 18.0. The predicted molar refractivity (Wildman–Crippen MR) is 75.6 cm³/mol. The third-order valence-electron chi connectivity index (χ3n) is 4.38. The number of rotatable bonds is 7. The zero-order chi connectivity index (χ0) is 17.1. The van der Waals surface area contributed by atoms with Gasteiger partial charge in [-0.2, -0.15) is 13.2 Å². The molecule has 1 aliphatic heterocycles. The Morgan fingerprint density at radius 2 is 1.87 bits per heavy atom. The first-order chi connectivity index (χ1) is 10.8. The van der Waals surface area contributed by atoms with E-state index in [-0.39, 0.29) is 38.6 Å². The maximum Gasteiger partial charge on any atom is 0.401 e. The summed E-state index contributed by atoms with van der Waals surface area (Å²) in [6.45, 7) is -1.41. The molecular formula is C14H22F3N3O3. The van der Waals surface area contributed by atoms with Crippen LogP contribution in [0.5, 0.6) is 0 Å². The highest BCUT2D eigenvalue weighted by Gasteiger charge is 2.52. The molecule has 0 aromatic rings. The number of hydrogen-bond donors (Lipinski definition) is 2. The highest BCUT2D eigenvalue weighted by Crippen LogP contribution is 2.34. The molecule has 0 aromatic carbocycles. The summed E-state index contributed by atoms with van der Waals surface area (Å²) < 4.78 is 37.7. The van der Waals surface area contributed by atoms with E-state index in [1.807, 2.05) is 0 Å². The molecule has 1 spiro atoms. The van der Waals surface area contributed by atoms with Crippen LogP contribution in [0.15, 0.2) is 0 Å². The number of amides is 3. The van der Waals surface area contributed by atoms with Crippen LogP contribution in [0.1, 0.15) is 32.1 Å². The molecule has 2 fully saturated rings. The Morgan fingerprint density at radius 3 is 2.43 bits per heavy atom. The van der Waals surface area contributed by atoms with Crippen LogP contribution in [0.4, 0.5) is 18.0 Å². The van der Waals surface area contributed by atoms with E-state index in [9.17, 15) is 22.8 Å². The van der Waals surface area contributed by atoms with E-state index in [1.54, 1.807) is 0 Å². The van der Waals surface area contributed by atoms with Crippen LogP contribution < -0.4 is 5.32 Å². The maximum absolute atomic E-state index is 12.6. The average molecular weight is 337 g/mol. The van der Waals surface area contributed by atoms with Crippen LogP contribution in [-0.4, -0.2) is 71.3 Å². The Bertz CT molecular complexity index is 450. The van der Waals surface area contributed by atoms with Crippen LogP contribution in [0.2, 0.25) is 0 Å². The van der Waals surface area contributed by atoms with E-state index in [0.29, 0.717) is 12.8 Å². The molecular weight excluding hydrogens is 315 g/mol. The number of carbonyl (C=O) groups excluding carboxylic acids is 2. The van der Waals surface area contributed by atoms with Crippen LogP contribution in [-0.2, 0) is 4.79 Å². The van der Waals surface area contributed by atoms with Crippen molar-refractivity contribution < 1.29 is 27.9 Å². The lowest BCUT2D eigenvalue weighted by Crippen LogP contribution is -2.45. The number of aliphatic hydroxyl groups excluding tert-OH is 1. The molecule has 9 heteroatoms. The van der Waals surface area contributed by atoms with Gasteiger partial charge in [-0.15, -0.1) is 0 Å². The minimum atomic E-state index is -4.36. The molecule has 1 saturated carbocycles. The van der Waals surface area contributed by atoms with Gasteiger partial charge in [0.05, 0.1) is 6.54 Å². The van der Waals surface area contributed by atoms with E-state index in [1.165, 1.54) is 0 Å². The molecule has 1 heterocycles. The summed E-state index contributed by atoms with van der Waals surface area (Å²) in [5.74, 6) is -0.325. The van der Waals surface area contributed by atoms with Crippen molar-refractivity contribution in [3.63, 3.8) is 0 Å². The molecule has 6 nitrogen and oxygen atoms in total. The standard InChI is InChI=1S/C14H22F3N3O3/c15-14(16,17)10-19(6-3-9-21)7-8-20-11(22)13(18-12(20)23)4-1-2-5-13/h21H,1-10H2,(H,18,23). The largest absolute Gasteiger partial charge is 0.401 e. The normalized spacial score (nSPS) is 20.8. The number of aliphatic hydroxyl groups is 1. The fourth-order valence-corrected chi connectivity index (χ4v) is 3.26. The van der Waals surface area contributed by atoms with E-state index in [0.717, 1.165) is 22.6 Å². The summed E-state index contributed by atoms with van der Waals surface area (Å²) in [5, 5.41) is 11.5. The van der Waals surface area contributed by atoms with Crippen LogP contribution in [0.3, 0.4) is 0 Å². The summed E-state index contributed by atoms with van der Waals surface area (Å²) in [4.78, 5) is 26.5. The number of urea groups is 1. The Kier molecular flexibility index (Phi) is 5.51. The number of nitrogens with zero attached hydrogens (tertiary/aromatic N) is 2. The zero-order valence-electron chi connectivity index (χ0n) is 12.9. The molecule has 23 heavy (non-hydrogen) atoms. The fraction of sp³-hybridized carbons (Fsp3) is 0.857. The SMILES string of the molecule is O=C1NC2(CCCC2)C(=O)N1CCN(CCCO)CC(F)(F)F. The third-order valence-corrected chi connectivity index (χ3v) is 4.38. The molecule has 3 amide bonds. The predicted octanol–water partition coefficient (Wildman–Crippen LogP) is 1.10. The second kappa shape index (κ2) is 7.04. The molecule has 0 unspecified atom stereocenters. The number of imide groups is 1. The maximum atomic E-state index is 12.6. The highest BCUT2D eigenvalue weighted by atomic mass is 19.4. The van der Waals surface area contributed by atoms with Crippen molar-refractivity contribution >= 4 is 11.9 Å². The molecule has 0 aromatic heterocycles. The van der Waals surface area contributed by atoms with Gasteiger partial charge in [-0.1, -0.05) is 12.8 Å². The molecule has 132 valence electrons. The van der Waals surface area contributed by atoms with Gasteiger partial charge in [0.25, 0.3) is 5.91 Å². The summed E-state index contributed by atoms with van der Waals surface area (Å²) in [6, 6.07) is -0.522. The van der Waals surface area contributed by atoms with E-state index < -0.39 is 24.3 Å². The first-order valence-electron chi connectivity index (χ1n) is 7.81. The summed E-state index contributed by atoms with van der Waals surface area (Å²) in [6.07, 6.45) is -1.26. The Balaban J connectivity index is 1.94. The average Bonchev–Trinajstić information content (AvgIpc) is 3.00. The van der Waals surface area contributed by atoms with Crippen molar-refractivity contribution in [3.8, 4) is 0 Å². The Morgan fingerprint density at radius 1 is 1.22 bits per heavy atom. The lowest BCUT2D eigenvalue weighted by molar-refractivity contribution is -0.146. The number of alkyl halides is 3. The Labute approximate surface area is 132 Å². The quantitative estimate of drug-likeness (QED) is 0.683. The molecule has 1 saturated heterocycles. The van der Waals surface area contributed by atoms with E-state index in [4.69, 9.17) is 5.11 Å². The van der Waals surface area contributed by atoms with Crippen molar-refractivity contribution in [3.05, 3.63) is 0 Å². The molecule has 0 atom stereocenters.